The molecule has 0 aliphatic carbocycles. The van der Waals surface area contributed by atoms with Crippen molar-refractivity contribution in [2.45, 2.75) is 6.92 Å². The molecule has 2 aromatic heterocycles. The van der Waals surface area contributed by atoms with E-state index in [1.165, 1.54) is 11.6 Å². The molecule has 0 atom stereocenters. The van der Waals surface area contributed by atoms with Crippen LogP contribution in [0.15, 0.2) is 6.07 Å². The van der Waals surface area contributed by atoms with Crippen molar-refractivity contribution in [3.05, 3.63) is 17.5 Å². The van der Waals surface area contributed by atoms with E-state index >= 15 is 0 Å². The van der Waals surface area contributed by atoms with Gasteiger partial charge in [0.1, 0.15) is 0 Å². The number of anilines is 1. The van der Waals surface area contributed by atoms with Crippen LogP contribution in [0, 0.1) is 6.92 Å². The molecule has 0 aromatic carbocycles. The Balaban J connectivity index is 2.75. The lowest BCUT2D eigenvalue weighted by Gasteiger charge is -2.01. The number of hydrogen-bond acceptors (Lipinski definition) is 6. The van der Waals surface area contributed by atoms with Crippen molar-refractivity contribution in [2.24, 2.45) is 0 Å². The number of aromatic nitrogens is 4. The van der Waals surface area contributed by atoms with Crippen LogP contribution in [0.5, 0.6) is 0 Å². The molecule has 2 heterocycles. The minimum atomic E-state index is -0.504. The molecule has 2 N–H and O–H groups in total. The van der Waals surface area contributed by atoms with Gasteiger partial charge in [-0.3, -0.25) is 0 Å². The first-order valence-electron chi connectivity index (χ1n) is 4.20. The molecule has 0 fully saturated rings. The molecular weight excluding hydrogens is 198 g/mol. The van der Waals surface area contributed by atoms with Gasteiger partial charge in [-0.15, -0.1) is 5.10 Å². The summed E-state index contributed by atoms with van der Waals surface area (Å²) in [6.45, 7) is 1.75. The van der Waals surface area contributed by atoms with Crippen molar-refractivity contribution in [1.29, 1.82) is 0 Å². The highest BCUT2D eigenvalue weighted by Crippen LogP contribution is 2.08. The monoisotopic (exact) mass is 207 g/mol. The SMILES string of the molecule is COC(=O)c1cc(C)nc2nc(N)nn12. The average molecular weight is 207 g/mol. The van der Waals surface area contributed by atoms with Gasteiger partial charge >= 0.3 is 5.97 Å². The first kappa shape index (κ1) is 9.38. The molecule has 2 aromatic rings. The maximum Gasteiger partial charge on any atom is 0.356 e. The smallest absolute Gasteiger partial charge is 0.356 e. The Kier molecular flexibility index (Phi) is 2.00. The van der Waals surface area contributed by atoms with Crippen molar-refractivity contribution in [3.63, 3.8) is 0 Å². The molecule has 78 valence electrons. The van der Waals surface area contributed by atoms with Crippen LogP contribution >= 0.6 is 0 Å². The number of rotatable bonds is 1. The van der Waals surface area contributed by atoms with Crippen LogP contribution < -0.4 is 5.73 Å². The van der Waals surface area contributed by atoms with E-state index in [0.29, 0.717) is 5.69 Å². The second-order valence-corrected chi connectivity index (χ2v) is 2.96. The molecule has 0 unspecified atom stereocenters. The normalized spacial score (nSPS) is 10.5. The van der Waals surface area contributed by atoms with E-state index in [-0.39, 0.29) is 17.4 Å². The van der Waals surface area contributed by atoms with Crippen LogP contribution in [-0.4, -0.2) is 32.7 Å². The molecule has 0 radical (unpaired) electrons. The Morgan fingerprint density at radius 1 is 1.53 bits per heavy atom. The summed E-state index contributed by atoms with van der Waals surface area (Å²) >= 11 is 0. The third-order valence-electron chi connectivity index (χ3n) is 1.85. The van der Waals surface area contributed by atoms with Gasteiger partial charge in [0, 0.05) is 5.69 Å². The van der Waals surface area contributed by atoms with E-state index in [0.717, 1.165) is 0 Å². The largest absolute Gasteiger partial charge is 0.464 e. The Morgan fingerprint density at radius 3 is 2.93 bits per heavy atom. The van der Waals surface area contributed by atoms with E-state index in [1.807, 2.05) is 0 Å². The molecule has 0 saturated heterocycles. The van der Waals surface area contributed by atoms with Crippen LogP contribution in [0.3, 0.4) is 0 Å². The predicted molar refractivity (Wildman–Crippen MR) is 51.3 cm³/mol. The second kappa shape index (κ2) is 3.19. The Morgan fingerprint density at radius 2 is 2.27 bits per heavy atom. The molecule has 0 aliphatic heterocycles. The molecule has 0 saturated carbocycles. The fourth-order valence-electron chi connectivity index (χ4n) is 1.25. The van der Waals surface area contributed by atoms with Crippen LogP contribution in [0.1, 0.15) is 16.2 Å². The van der Waals surface area contributed by atoms with Crippen molar-refractivity contribution >= 4 is 17.7 Å². The van der Waals surface area contributed by atoms with Crippen molar-refractivity contribution in [2.75, 3.05) is 12.8 Å². The highest BCUT2D eigenvalue weighted by molar-refractivity contribution is 5.88. The third-order valence-corrected chi connectivity index (χ3v) is 1.85. The summed E-state index contributed by atoms with van der Waals surface area (Å²) in [5.74, 6) is -0.151. The topological polar surface area (TPSA) is 95.4 Å². The van der Waals surface area contributed by atoms with Crippen molar-refractivity contribution < 1.29 is 9.53 Å². The number of nitrogens with two attached hydrogens (primary N) is 1. The van der Waals surface area contributed by atoms with Gasteiger partial charge in [0.25, 0.3) is 5.78 Å². The number of carbonyl (C=O) groups is 1. The highest BCUT2D eigenvalue weighted by Gasteiger charge is 2.14. The van der Waals surface area contributed by atoms with Gasteiger partial charge in [0.05, 0.1) is 7.11 Å². The number of methoxy groups -OCH3 is 1. The Labute approximate surface area is 84.9 Å². The fourth-order valence-corrected chi connectivity index (χ4v) is 1.25. The molecule has 0 aliphatic rings. The number of carbonyl (C=O) groups excluding carboxylic acids is 1. The highest BCUT2D eigenvalue weighted by atomic mass is 16.5. The maximum absolute atomic E-state index is 11.4. The number of aryl methyl sites for hydroxylation is 1. The standard InChI is InChI=1S/C8H9N5O2/c1-4-3-5(6(14)15-2)13-8(10-4)11-7(9)12-13/h3H,1-2H3,(H2,9,12). The van der Waals surface area contributed by atoms with E-state index in [4.69, 9.17) is 5.73 Å². The van der Waals surface area contributed by atoms with Crippen LogP contribution in [0.4, 0.5) is 5.95 Å². The first-order chi connectivity index (χ1) is 7.11. The summed E-state index contributed by atoms with van der Waals surface area (Å²) in [5.41, 5.74) is 6.32. The summed E-state index contributed by atoms with van der Waals surface area (Å²) < 4.78 is 5.87. The minimum absolute atomic E-state index is 0.0678. The summed E-state index contributed by atoms with van der Waals surface area (Å²) in [6, 6.07) is 1.56. The number of esters is 1. The van der Waals surface area contributed by atoms with Gasteiger partial charge < -0.3 is 10.5 Å². The first-order valence-corrected chi connectivity index (χ1v) is 4.20. The lowest BCUT2D eigenvalue weighted by molar-refractivity contribution is 0.0590. The molecule has 15 heavy (non-hydrogen) atoms. The molecule has 0 amide bonds. The predicted octanol–water partition coefficient (Wildman–Crippen LogP) is -0.198. The van der Waals surface area contributed by atoms with Gasteiger partial charge in [-0.2, -0.15) is 9.50 Å². The van der Waals surface area contributed by atoms with Crippen LogP contribution in [0.2, 0.25) is 0 Å². The second-order valence-electron chi connectivity index (χ2n) is 2.96. The lowest BCUT2D eigenvalue weighted by atomic mass is 10.3. The zero-order valence-electron chi connectivity index (χ0n) is 8.26. The van der Waals surface area contributed by atoms with Gasteiger partial charge in [-0.25, -0.2) is 9.78 Å². The fraction of sp³-hybridized carbons (Fsp3) is 0.250. The summed E-state index contributed by atoms with van der Waals surface area (Å²) in [4.78, 5) is 19.3. The molecule has 7 nitrogen and oxygen atoms in total. The van der Waals surface area contributed by atoms with Gasteiger partial charge in [0.2, 0.25) is 5.95 Å². The van der Waals surface area contributed by atoms with Gasteiger partial charge in [-0.05, 0) is 13.0 Å². The summed E-state index contributed by atoms with van der Waals surface area (Å²) in [7, 11) is 1.30. The molecule has 0 spiro atoms. The zero-order valence-corrected chi connectivity index (χ0v) is 8.26. The zero-order chi connectivity index (χ0) is 11.0. The Bertz CT molecular complexity index is 533. The van der Waals surface area contributed by atoms with Gasteiger partial charge in [0.15, 0.2) is 5.69 Å². The quantitative estimate of drug-likeness (QED) is 0.650. The van der Waals surface area contributed by atoms with E-state index < -0.39 is 5.97 Å². The van der Waals surface area contributed by atoms with Crippen molar-refractivity contribution in [3.8, 4) is 0 Å². The number of hydrogen-bond donors (Lipinski definition) is 1. The number of nitrogens with zero attached hydrogens (tertiary/aromatic N) is 4. The average Bonchev–Trinajstić information content (AvgIpc) is 2.55. The van der Waals surface area contributed by atoms with E-state index in [9.17, 15) is 4.79 Å². The van der Waals surface area contributed by atoms with E-state index in [1.54, 1.807) is 13.0 Å². The maximum atomic E-state index is 11.4. The van der Waals surface area contributed by atoms with Crippen LogP contribution in [-0.2, 0) is 4.74 Å². The Hall–Kier alpha value is -2.18. The minimum Gasteiger partial charge on any atom is -0.464 e. The molecule has 0 bridgehead atoms. The number of nitrogen functional groups attached to an aromatic ring is 1. The number of fused-ring (bicyclic) bond motifs is 1. The molecule has 7 heteroatoms. The lowest BCUT2D eigenvalue weighted by Crippen LogP contribution is -2.10. The summed E-state index contributed by atoms with van der Waals surface area (Å²) in [5, 5.41) is 3.84. The molecular formula is C8H9N5O2. The summed E-state index contributed by atoms with van der Waals surface area (Å²) in [6.07, 6.45) is 0. The number of ether oxygens (including phenoxy) is 1. The third kappa shape index (κ3) is 1.47. The van der Waals surface area contributed by atoms with Gasteiger partial charge in [-0.1, -0.05) is 0 Å². The van der Waals surface area contributed by atoms with Crippen LogP contribution in [0.25, 0.3) is 5.78 Å². The molecule has 2 rings (SSSR count). The van der Waals surface area contributed by atoms with Crippen molar-refractivity contribution in [1.82, 2.24) is 19.6 Å². The van der Waals surface area contributed by atoms with E-state index in [2.05, 4.69) is 19.8 Å².